The van der Waals surface area contributed by atoms with Crippen LogP contribution in [0.2, 0.25) is 0 Å². The summed E-state index contributed by atoms with van der Waals surface area (Å²) < 4.78 is 19.5. The lowest BCUT2D eigenvalue weighted by Gasteiger charge is -2.36. The molecule has 6 nitrogen and oxygen atoms in total. The zero-order chi connectivity index (χ0) is 20.9. The fraction of sp³-hybridized carbons (Fsp3) is 0.391. The molecule has 7 heteroatoms. The summed E-state index contributed by atoms with van der Waals surface area (Å²) >= 11 is 0. The van der Waals surface area contributed by atoms with Crippen LogP contribution in [0.1, 0.15) is 23.2 Å². The minimum Gasteiger partial charge on any atom is -0.373 e. The molecular formula is C23H26FN3O3. The van der Waals surface area contributed by atoms with Crippen LogP contribution in [0.5, 0.6) is 0 Å². The highest BCUT2D eigenvalue weighted by Crippen LogP contribution is 2.30. The van der Waals surface area contributed by atoms with E-state index in [2.05, 4.69) is 5.32 Å². The molecule has 158 valence electrons. The van der Waals surface area contributed by atoms with Crippen molar-refractivity contribution in [2.24, 2.45) is 5.92 Å². The standard InChI is InChI=1S/C23H26FN3O3/c24-19-6-4-5-18(13-19)22(28)27(14-17-9-10-17)16-21-15-26(11-12-30-21)23(29)25-20-7-2-1-3-8-20/h1-8,13,17,21H,9-12,14-16H2,(H,25,29). The highest BCUT2D eigenvalue weighted by Gasteiger charge is 2.31. The maximum atomic E-state index is 13.6. The molecule has 1 saturated carbocycles. The molecule has 0 bridgehead atoms. The summed E-state index contributed by atoms with van der Waals surface area (Å²) in [6, 6.07) is 14.9. The van der Waals surface area contributed by atoms with E-state index in [4.69, 9.17) is 4.74 Å². The molecule has 2 fully saturated rings. The second-order valence-corrected chi connectivity index (χ2v) is 7.90. The number of rotatable bonds is 6. The third kappa shape index (κ3) is 5.36. The number of anilines is 1. The molecule has 1 unspecified atom stereocenters. The van der Waals surface area contributed by atoms with Crippen LogP contribution in [0.4, 0.5) is 14.9 Å². The quantitative estimate of drug-likeness (QED) is 0.790. The largest absolute Gasteiger partial charge is 0.373 e. The minimum absolute atomic E-state index is 0.181. The van der Waals surface area contributed by atoms with E-state index in [1.54, 1.807) is 21.9 Å². The van der Waals surface area contributed by atoms with Crippen LogP contribution in [0.15, 0.2) is 54.6 Å². The second-order valence-electron chi connectivity index (χ2n) is 7.90. The van der Waals surface area contributed by atoms with Crippen molar-refractivity contribution in [1.29, 1.82) is 0 Å². The lowest BCUT2D eigenvalue weighted by molar-refractivity contribution is -0.0266. The van der Waals surface area contributed by atoms with Gasteiger partial charge in [-0.05, 0) is 49.1 Å². The fourth-order valence-electron chi connectivity index (χ4n) is 3.64. The zero-order valence-corrected chi connectivity index (χ0v) is 16.8. The average Bonchev–Trinajstić information content (AvgIpc) is 3.58. The molecule has 2 aliphatic rings. The van der Waals surface area contributed by atoms with Crippen molar-refractivity contribution in [3.8, 4) is 0 Å². The summed E-state index contributed by atoms with van der Waals surface area (Å²) in [5.41, 5.74) is 1.08. The number of carbonyl (C=O) groups is 2. The van der Waals surface area contributed by atoms with Crippen molar-refractivity contribution in [2.75, 3.05) is 38.1 Å². The molecule has 1 N–H and O–H groups in total. The first kappa shape index (κ1) is 20.3. The van der Waals surface area contributed by atoms with Crippen LogP contribution in [0, 0.1) is 11.7 Å². The number of amides is 3. The molecule has 1 atom stereocenters. The third-order valence-corrected chi connectivity index (χ3v) is 5.41. The van der Waals surface area contributed by atoms with Gasteiger partial charge in [0.25, 0.3) is 5.91 Å². The lowest BCUT2D eigenvalue weighted by atomic mass is 10.1. The van der Waals surface area contributed by atoms with E-state index < -0.39 is 5.82 Å². The van der Waals surface area contributed by atoms with Crippen molar-refractivity contribution in [3.63, 3.8) is 0 Å². The van der Waals surface area contributed by atoms with Gasteiger partial charge >= 0.3 is 6.03 Å². The number of halogens is 1. The Morgan fingerprint density at radius 2 is 1.90 bits per heavy atom. The van der Waals surface area contributed by atoms with Crippen molar-refractivity contribution in [3.05, 3.63) is 66.0 Å². The molecule has 2 aromatic carbocycles. The van der Waals surface area contributed by atoms with Crippen LogP contribution in [-0.2, 0) is 4.74 Å². The predicted molar refractivity (Wildman–Crippen MR) is 112 cm³/mol. The molecule has 0 aromatic heterocycles. The Labute approximate surface area is 175 Å². The highest BCUT2D eigenvalue weighted by molar-refractivity contribution is 5.94. The predicted octanol–water partition coefficient (Wildman–Crippen LogP) is 3.61. The molecule has 3 amide bonds. The van der Waals surface area contributed by atoms with Crippen molar-refractivity contribution >= 4 is 17.6 Å². The van der Waals surface area contributed by atoms with E-state index in [1.807, 2.05) is 30.3 Å². The normalized spacial score (nSPS) is 18.7. The number of nitrogens with one attached hydrogen (secondary N) is 1. The molecule has 4 rings (SSSR count). The van der Waals surface area contributed by atoms with Crippen LogP contribution in [-0.4, -0.2) is 60.6 Å². The number of para-hydroxylation sites is 1. The summed E-state index contributed by atoms with van der Waals surface area (Å²) in [7, 11) is 0. The Bertz CT molecular complexity index is 888. The van der Waals surface area contributed by atoms with E-state index >= 15 is 0 Å². The van der Waals surface area contributed by atoms with Gasteiger partial charge < -0.3 is 19.9 Å². The van der Waals surface area contributed by atoms with Gasteiger partial charge in [0, 0.05) is 30.9 Å². The molecule has 1 aliphatic heterocycles. The topological polar surface area (TPSA) is 61.9 Å². The Morgan fingerprint density at radius 3 is 2.63 bits per heavy atom. The molecule has 0 radical (unpaired) electrons. The van der Waals surface area contributed by atoms with Crippen molar-refractivity contribution in [1.82, 2.24) is 9.80 Å². The number of urea groups is 1. The first-order chi connectivity index (χ1) is 14.6. The number of ether oxygens (including phenoxy) is 1. The molecule has 1 heterocycles. The van der Waals surface area contributed by atoms with Crippen LogP contribution in [0.25, 0.3) is 0 Å². The Hall–Kier alpha value is -2.93. The lowest BCUT2D eigenvalue weighted by Crippen LogP contribution is -2.51. The van der Waals surface area contributed by atoms with Crippen molar-refractivity contribution < 1.29 is 18.7 Å². The molecule has 0 spiro atoms. The van der Waals surface area contributed by atoms with Gasteiger partial charge in [0.2, 0.25) is 0 Å². The summed E-state index contributed by atoms with van der Waals surface area (Å²) in [4.78, 5) is 29.1. The number of benzene rings is 2. The Balaban J connectivity index is 1.39. The minimum atomic E-state index is -0.426. The number of hydrogen-bond donors (Lipinski definition) is 1. The van der Waals surface area contributed by atoms with Gasteiger partial charge in [-0.15, -0.1) is 0 Å². The van der Waals surface area contributed by atoms with Crippen molar-refractivity contribution in [2.45, 2.75) is 18.9 Å². The first-order valence-corrected chi connectivity index (χ1v) is 10.4. The maximum absolute atomic E-state index is 13.6. The first-order valence-electron chi connectivity index (χ1n) is 10.4. The monoisotopic (exact) mass is 411 g/mol. The summed E-state index contributed by atoms with van der Waals surface area (Å²) in [5, 5.41) is 2.89. The zero-order valence-electron chi connectivity index (χ0n) is 16.8. The number of nitrogens with zero attached hydrogens (tertiary/aromatic N) is 2. The maximum Gasteiger partial charge on any atom is 0.322 e. The summed E-state index contributed by atoms with van der Waals surface area (Å²) in [5.74, 6) is -0.135. The van der Waals surface area contributed by atoms with E-state index in [0.29, 0.717) is 44.3 Å². The molecule has 2 aromatic rings. The molecule has 1 saturated heterocycles. The van der Waals surface area contributed by atoms with Gasteiger partial charge in [0.1, 0.15) is 5.82 Å². The average molecular weight is 411 g/mol. The van der Waals surface area contributed by atoms with Gasteiger partial charge in [-0.25, -0.2) is 9.18 Å². The van der Waals surface area contributed by atoms with E-state index in [-0.39, 0.29) is 18.0 Å². The van der Waals surface area contributed by atoms with E-state index in [0.717, 1.165) is 18.5 Å². The van der Waals surface area contributed by atoms with Gasteiger partial charge in [0.15, 0.2) is 0 Å². The summed E-state index contributed by atoms with van der Waals surface area (Å²) in [6.07, 6.45) is 1.92. The van der Waals surface area contributed by atoms with Crippen LogP contribution < -0.4 is 5.32 Å². The third-order valence-electron chi connectivity index (χ3n) is 5.41. The van der Waals surface area contributed by atoms with Gasteiger partial charge in [-0.3, -0.25) is 4.79 Å². The second kappa shape index (κ2) is 9.26. The Kier molecular flexibility index (Phi) is 6.28. The highest BCUT2D eigenvalue weighted by atomic mass is 19.1. The van der Waals surface area contributed by atoms with Crippen LogP contribution >= 0.6 is 0 Å². The number of morpholine rings is 1. The number of carbonyl (C=O) groups excluding carboxylic acids is 2. The SMILES string of the molecule is O=C(Nc1ccccc1)N1CCOC(CN(CC2CC2)C(=O)c2cccc(F)c2)C1. The smallest absolute Gasteiger partial charge is 0.322 e. The Morgan fingerprint density at radius 1 is 1.10 bits per heavy atom. The van der Waals surface area contributed by atoms with Crippen LogP contribution in [0.3, 0.4) is 0 Å². The van der Waals surface area contributed by atoms with E-state index in [9.17, 15) is 14.0 Å². The summed E-state index contributed by atoms with van der Waals surface area (Å²) in [6.45, 7) is 2.32. The van der Waals surface area contributed by atoms with Gasteiger partial charge in [0.05, 0.1) is 19.3 Å². The van der Waals surface area contributed by atoms with Gasteiger partial charge in [-0.2, -0.15) is 0 Å². The van der Waals surface area contributed by atoms with E-state index in [1.165, 1.54) is 12.1 Å². The molecule has 1 aliphatic carbocycles. The molecular weight excluding hydrogens is 385 g/mol. The molecule has 30 heavy (non-hydrogen) atoms. The van der Waals surface area contributed by atoms with Gasteiger partial charge in [-0.1, -0.05) is 24.3 Å². The number of hydrogen-bond acceptors (Lipinski definition) is 3. The fourth-order valence-corrected chi connectivity index (χ4v) is 3.64.